The Bertz CT molecular complexity index is 604. The molecular formula is C15H26N4O2S. The van der Waals surface area contributed by atoms with Crippen molar-refractivity contribution in [3.8, 4) is 0 Å². The molecule has 1 fully saturated rings. The smallest absolute Gasteiger partial charge is 0.152 e. The molecular weight excluding hydrogens is 300 g/mol. The van der Waals surface area contributed by atoms with E-state index >= 15 is 0 Å². The number of sulfone groups is 1. The van der Waals surface area contributed by atoms with Gasteiger partial charge in [-0.1, -0.05) is 19.8 Å². The highest BCUT2D eigenvalue weighted by atomic mass is 32.2. The molecule has 6 nitrogen and oxygen atoms in total. The third-order valence-electron chi connectivity index (χ3n) is 4.03. The van der Waals surface area contributed by atoms with Crippen molar-refractivity contribution in [3.05, 3.63) is 11.9 Å². The zero-order chi connectivity index (χ0) is 16.2. The van der Waals surface area contributed by atoms with Crippen LogP contribution in [0.4, 0.5) is 11.6 Å². The highest BCUT2D eigenvalue weighted by Gasteiger charge is 2.31. The molecule has 7 heteroatoms. The third kappa shape index (κ3) is 4.56. The molecule has 0 aromatic carbocycles. The van der Waals surface area contributed by atoms with Crippen LogP contribution in [0.25, 0.3) is 0 Å². The van der Waals surface area contributed by atoms with Gasteiger partial charge in [-0.2, -0.15) is 0 Å². The lowest BCUT2D eigenvalue weighted by Gasteiger charge is -2.25. The normalized spacial score (nSPS) is 20.0. The van der Waals surface area contributed by atoms with E-state index in [0.29, 0.717) is 12.2 Å². The van der Waals surface area contributed by atoms with Gasteiger partial charge in [0.2, 0.25) is 0 Å². The molecule has 1 N–H and O–H groups in total. The van der Waals surface area contributed by atoms with Crippen LogP contribution in [0.3, 0.4) is 0 Å². The van der Waals surface area contributed by atoms with E-state index in [1.165, 1.54) is 12.8 Å². The maximum Gasteiger partial charge on any atom is 0.152 e. The number of aromatic nitrogens is 2. The Labute approximate surface area is 133 Å². The quantitative estimate of drug-likeness (QED) is 0.773. The molecule has 22 heavy (non-hydrogen) atoms. The molecule has 0 amide bonds. The molecule has 0 saturated carbocycles. The average molecular weight is 326 g/mol. The van der Waals surface area contributed by atoms with Crippen molar-refractivity contribution in [3.63, 3.8) is 0 Å². The average Bonchev–Trinajstić information content (AvgIpc) is 2.82. The first kappa shape index (κ1) is 17.0. The largest absolute Gasteiger partial charge is 0.370 e. The summed E-state index contributed by atoms with van der Waals surface area (Å²) in [6.45, 7) is 4.93. The second-order valence-corrected chi connectivity index (χ2v) is 8.19. The maximum atomic E-state index is 11.6. The van der Waals surface area contributed by atoms with Gasteiger partial charge in [0.25, 0.3) is 0 Å². The SMILES string of the molecule is CCCCCNc1cc(N(C)C2CCS(=O)(=O)C2)nc(C)n1. The van der Waals surface area contributed by atoms with Crippen molar-refractivity contribution in [1.29, 1.82) is 0 Å². The number of hydrogen-bond donors (Lipinski definition) is 1. The first-order valence-electron chi connectivity index (χ1n) is 7.94. The molecule has 0 spiro atoms. The predicted molar refractivity (Wildman–Crippen MR) is 90.2 cm³/mol. The van der Waals surface area contributed by atoms with Crippen molar-refractivity contribution < 1.29 is 8.42 Å². The summed E-state index contributed by atoms with van der Waals surface area (Å²) in [5.74, 6) is 2.78. The van der Waals surface area contributed by atoms with Crippen LogP contribution >= 0.6 is 0 Å². The molecule has 1 aliphatic heterocycles. The Morgan fingerprint density at radius 1 is 1.36 bits per heavy atom. The Balaban J connectivity index is 2.05. The van der Waals surface area contributed by atoms with Crippen LogP contribution in [0.1, 0.15) is 38.4 Å². The van der Waals surface area contributed by atoms with Crippen LogP contribution in [0.15, 0.2) is 6.07 Å². The summed E-state index contributed by atoms with van der Waals surface area (Å²) in [5.41, 5.74) is 0. The van der Waals surface area contributed by atoms with Crippen LogP contribution in [0, 0.1) is 6.92 Å². The zero-order valence-electron chi connectivity index (χ0n) is 13.7. The van der Waals surface area contributed by atoms with Gasteiger partial charge in [-0.3, -0.25) is 0 Å². The van der Waals surface area contributed by atoms with E-state index in [4.69, 9.17) is 0 Å². The number of nitrogens with one attached hydrogen (secondary N) is 1. The molecule has 1 unspecified atom stereocenters. The van der Waals surface area contributed by atoms with Crippen molar-refractivity contribution in [1.82, 2.24) is 9.97 Å². The molecule has 1 aromatic rings. The minimum absolute atomic E-state index is 0.00670. The van der Waals surface area contributed by atoms with Gasteiger partial charge >= 0.3 is 0 Å². The maximum absolute atomic E-state index is 11.6. The summed E-state index contributed by atoms with van der Waals surface area (Å²) in [6.07, 6.45) is 4.17. The van der Waals surface area contributed by atoms with Crippen LogP contribution in [-0.2, 0) is 9.84 Å². The summed E-state index contributed by atoms with van der Waals surface area (Å²) >= 11 is 0. The molecule has 1 aliphatic rings. The van der Waals surface area contributed by atoms with E-state index in [0.717, 1.165) is 24.6 Å². The van der Waals surface area contributed by atoms with Crippen LogP contribution in [-0.4, -0.2) is 49.5 Å². The van der Waals surface area contributed by atoms with Crippen LogP contribution in [0.2, 0.25) is 0 Å². The van der Waals surface area contributed by atoms with Crippen molar-refractivity contribution in [2.75, 3.05) is 35.3 Å². The summed E-state index contributed by atoms with van der Waals surface area (Å²) in [6, 6.07) is 1.91. The third-order valence-corrected chi connectivity index (χ3v) is 5.78. The molecule has 0 radical (unpaired) electrons. The van der Waals surface area contributed by atoms with Crippen molar-refractivity contribution >= 4 is 21.5 Å². The predicted octanol–water partition coefficient (Wildman–Crippen LogP) is 2.01. The number of anilines is 2. The Hall–Kier alpha value is -1.37. The number of hydrogen-bond acceptors (Lipinski definition) is 6. The molecule has 0 aliphatic carbocycles. The number of aryl methyl sites for hydroxylation is 1. The fourth-order valence-electron chi connectivity index (χ4n) is 2.68. The van der Waals surface area contributed by atoms with E-state index in [1.807, 2.05) is 24.9 Å². The summed E-state index contributed by atoms with van der Waals surface area (Å²) < 4.78 is 23.3. The van der Waals surface area contributed by atoms with Gasteiger partial charge in [0.1, 0.15) is 17.5 Å². The van der Waals surface area contributed by atoms with E-state index in [-0.39, 0.29) is 17.5 Å². The fraction of sp³-hybridized carbons (Fsp3) is 0.733. The lowest BCUT2D eigenvalue weighted by molar-refractivity contribution is 0.600. The van der Waals surface area contributed by atoms with E-state index in [2.05, 4.69) is 22.2 Å². The topological polar surface area (TPSA) is 75.2 Å². The Morgan fingerprint density at radius 3 is 2.77 bits per heavy atom. The van der Waals surface area contributed by atoms with Gasteiger partial charge in [0.05, 0.1) is 11.5 Å². The molecule has 1 aromatic heterocycles. The van der Waals surface area contributed by atoms with Crippen LogP contribution < -0.4 is 10.2 Å². The summed E-state index contributed by atoms with van der Waals surface area (Å²) in [7, 11) is -0.979. The number of unbranched alkanes of at least 4 members (excludes halogenated alkanes) is 2. The van der Waals surface area contributed by atoms with Crippen molar-refractivity contribution in [2.24, 2.45) is 0 Å². The minimum atomic E-state index is -2.89. The summed E-state index contributed by atoms with van der Waals surface area (Å²) in [5, 5.41) is 3.33. The molecule has 2 heterocycles. The van der Waals surface area contributed by atoms with Gasteiger partial charge in [0, 0.05) is 25.7 Å². The molecule has 2 rings (SSSR count). The zero-order valence-corrected chi connectivity index (χ0v) is 14.5. The Morgan fingerprint density at radius 2 is 2.14 bits per heavy atom. The second kappa shape index (κ2) is 7.26. The minimum Gasteiger partial charge on any atom is -0.370 e. The Kier molecular flexibility index (Phi) is 5.61. The van der Waals surface area contributed by atoms with E-state index < -0.39 is 9.84 Å². The number of nitrogens with zero attached hydrogens (tertiary/aromatic N) is 3. The lowest BCUT2D eigenvalue weighted by atomic mass is 10.2. The van der Waals surface area contributed by atoms with E-state index in [1.54, 1.807) is 0 Å². The first-order chi connectivity index (χ1) is 10.4. The molecule has 124 valence electrons. The molecule has 1 saturated heterocycles. The van der Waals surface area contributed by atoms with Crippen molar-refractivity contribution in [2.45, 2.75) is 45.6 Å². The van der Waals surface area contributed by atoms with Gasteiger partial charge in [0.15, 0.2) is 9.84 Å². The monoisotopic (exact) mass is 326 g/mol. The second-order valence-electron chi connectivity index (χ2n) is 5.96. The highest BCUT2D eigenvalue weighted by molar-refractivity contribution is 7.91. The molecule has 1 atom stereocenters. The summed E-state index contributed by atoms with van der Waals surface area (Å²) in [4.78, 5) is 10.8. The fourth-order valence-corrected chi connectivity index (χ4v) is 4.46. The van der Waals surface area contributed by atoms with Gasteiger partial charge in [-0.15, -0.1) is 0 Å². The lowest BCUT2D eigenvalue weighted by Crippen LogP contribution is -2.33. The van der Waals surface area contributed by atoms with Gasteiger partial charge in [-0.05, 0) is 19.8 Å². The molecule has 0 bridgehead atoms. The highest BCUT2D eigenvalue weighted by Crippen LogP contribution is 2.23. The first-order valence-corrected chi connectivity index (χ1v) is 9.76. The number of rotatable bonds is 7. The van der Waals surface area contributed by atoms with Gasteiger partial charge < -0.3 is 10.2 Å². The standard InChI is InChI=1S/C15H26N4O2S/c1-4-5-6-8-16-14-10-15(18-12(2)17-14)19(3)13-7-9-22(20,21)11-13/h10,13H,4-9,11H2,1-3H3,(H,16,17,18). The van der Waals surface area contributed by atoms with Gasteiger partial charge in [-0.25, -0.2) is 18.4 Å². The van der Waals surface area contributed by atoms with E-state index in [9.17, 15) is 8.42 Å². The van der Waals surface area contributed by atoms with Crippen LogP contribution in [0.5, 0.6) is 0 Å².